The largest absolute Gasteiger partial charge is 0.368 e. The molecule has 3 amide bonds. The number of anilines is 1. The fraction of sp³-hybridized carbons (Fsp3) is 0.391. The second-order valence-electron chi connectivity index (χ2n) is 8.15. The van der Waals surface area contributed by atoms with Crippen molar-refractivity contribution >= 4 is 23.3 Å². The average Bonchev–Trinajstić information content (AvgIpc) is 3.22. The highest BCUT2D eigenvalue weighted by atomic mass is 16.6. The first-order valence-corrected chi connectivity index (χ1v) is 10.9. The van der Waals surface area contributed by atoms with Crippen molar-refractivity contribution in [3.8, 4) is 0 Å². The molecule has 168 valence electrons. The SMILES string of the molecule is O=C1CCCN1Cc1cccc(CNC(=O)N2CCN(c3cccc([N+](=O)[O-])c3)CC2)c1. The molecule has 0 bridgehead atoms. The number of urea groups is 1. The van der Waals surface area contributed by atoms with Crippen LogP contribution in [-0.2, 0) is 17.9 Å². The minimum Gasteiger partial charge on any atom is -0.368 e. The molecule has 2 aromatic rings. The second kappa shape index (κ2) is 9.67. The Bertz CT molecular complexity index is 1000. The van der Waals surface area contributed by atoms with Crippen molar-refractivity contribution in [1.82, 2.24) is 15.1 Å². The lowest BCUT2D eigenvalue weighted by Gasteiger charge is -2.36. The maximum Gasteiger partial charge on any atom is 0.317 e. The van der Waals surface area contributed by atoms with Crippen LogP contribution in [0, 0.1) is 10.1 Å². The van der Waals surface area contributed by atoms with Crippen LogP contribution < -0.4 is 10.2 Å². The molecule has 0 saturated carbocycles. The van der Waals surface area contributed by atoms with Crippen molar-refractivity contribution in [2.45, 2.75) is 25.9 Å². The molecular formula is C23H27N5O4. The van der Waals surface area contributed by atoms with E-state index in [4.69, 9.17) is 0 Å². The molecule has 2 heterocycles. The number of nitro groups is 1. The van der Waals surface area contributed by atoms with E-state index in [1.54, 1.807) is 17.0 Å². The second-order valence-corrected chi connectivity index (χ2v) is 8.15. The quantitative estimate of drug-likeness (QED) is 0.553. The molecule has 0 atom stereocenters. The lowest BCUT2D eigenvalue weighted by atomic mass is 10.1. The predicted octanol–water partition coefficient (Wildman–Crippen LogP) is 2.75. The summed E-state index contributed by atoms with van der Waals surface area (Å²) in [5.41, 5.74) is 2.93. The predicted molar refractivity (Wildman–Crippen MR) is 120 cm³/mol. The van der Waals surface area contributed by atoms with Crippen molar-refractivity contribution in [3.05, 3.63) is 69.8 Å². The molecule has 2 saturated heterocycles. The van der Waals surface area contributed by atoms with Crippen LogP contribution in [0.3, 0.4) is 0 Å². The molecule has 4 rings (SSSR count). The van der Waals surface area contributed by atoms with E-state index in [1.165, 1.54) is 6.07 Å². The Balaban J connectivity index is 1.26. The van der Waals surface area contributed by atoms with Crippen LogP contribution in [0.4, 0.5) is 16.2 Å². The van der Waals surface area contributed by atoms with Gasteiger partial charge in [0.15, 0.2) is 0 Å². The van der Waals surface area contributed by atoms with Gasteiger partial charge in [0.25, 0.3) is 5.69 Å². The van der Waals surface area contributed by atoms with Gasteiger partial charge in [-0.2, -0.15) is 0 Å². The summed E-state index contributed by atoms with van der Waals surface area (Å²) in [6.45, 7) is 4.17. The zero-order valence-corrected chi connectivity index (χ0v) is 17.9. The van der Waals surface area contributed by atoms with Gasteiger partial charge in [-0.25, -0.2) is 4.79 Å². The fourth-order valence-corrected chi connectivity index (χ4v) is 4.19. The molecule has 0 aromatic heterocycles. The number of hydrogen-bond acceptors (Lipinski definition) is 5. The first-order chi connectivity index (χ1) is 15.5. The van der Waals surface area contributed by atoms with E-state index >= 15 is 0 Å². The minimum atomic E-state index is -0.398. The minimum absolute atomic E-state index is 0.0685. The summed E-state index contributed by atoms with van der Waals surface area (Å²) in [6.07, 6.45) is 1.55. The summed E-state index contributed by atoms with van der Waals surface area (Å²) in [7, 11) is 0. The van der Waals surface area contributed by atoms with Gasteiger partial charge in [0, 0.05) is 70.1 Å². The summed E-state index contributed by atoms with van der Waals surface area (Å²) in [5.74, 6) is 0.202. The molecule has 2 aliphatic rings. The number of benzene rings is 2. The molecule has 0 aliphatic carbocycles. The molecule has 9 heteroatoms. The van der Waals surface area contributed by atoms with E-state index in [1.807, 2.05) is 35.2 Å². The molecule has 2 aromatic carbocycles. The number of likely N-dealkylation sites (tertiary alicyclic amines) is 1. The number of carbonyl (C=O) groups is 2. The molecular weight excluding hydrogens is 410 g/mol. The maximum absolute atomic E-state index is 12.6. The summed E-state index contributed by atoms with van der Waals surface area (Å²) >= 11 is 0. The number of nitrogens with one attached hydrogen (secondary N) is 1. The van der Waals surface area contributed by atoms with E-state index in [-0.39, 0.29) is 17.6 Å². The Hall–Kier alpha value is -3.62. The van der Waals surface area contributed by atoms with E-state index in [0.717, 1.165) is 29.8 Å². The number of nitro benzene ring substituents is 1. The summed E-state index contributed by atoms with van der Waals surface area (Å²) in [4.78, 5) is 40.8. The smallest absolute Gasteiger partial charge is 0.317 e. The molecule has 0 unspecified atom stereocenters. The number of carbonyl (C=O) groups excluding carboxylic acids is 2. The summed E-state index contributed by atoms with van der Waals surface area (Å²) in [5, 5.41) is 14.0. The molecule has 0 spiro atoms. The number of hydrogen-bond donors (Lipinski definition) is 1. The average molecular weight is 438 g/mol. The molecule has 32 heavy (non-hydrogen) atoms. The third-order valence-corrected chi connectivity index (χ3v) is 5.95. The van der Waals surface area contributed by atoms with Crippen LogP contribution in [0.5, 0.6) is 0 Å². The van der Waals surface area contributed by atoms with E-state index < -0.39 is 4.92 Å². The molecule has 1 N–H and O–H groups in total. The highest BCUT2D eigenvalue weighted by Gasteiger charge is 2.22. The van der Waals surface area contributed by atoms with Gasteiger partial charge in [-0.3, -0.25) is 14.9 Å². The van der Waals surface area contributed by atoms with Crippen LogP contribution in [0.25, 0.3) is 0 Å². The first-order valence-electron chi connectivity index (χ1n) is 10.9. The topological polar surface area (TPSA) is 99.0 Å². The van der Waals surface area contributed by atoms with Crippen molar-refractivity contribution in [3.63, 3.8) is 0 Å². The third kappa shape index (κ3) is 5.16. The number of non-ortho nitro benzene ring substituents is 1. The first kappa shape index (κ1) is 21.6. The Morgan fingerprint density at radius 3 is 2.47 bits per heavy atom. The summed E-state index contributed by atoms with van der Waals surface area (Å²) < 4.78 is 0. The van der Waals surface area contributed by atoms with E-state index in [9.17, 15) is 19.7 Å². The van der Waals surface area contributed by atoms with Crippen LogP contribution in [-0.4, -0.2) is 59.4 Å². The van der Waals surface area contributed by atoms with Crippen LogP contribution in [0.2, 0.25) is 0 Å². The zero-order chi connectivity index (χ0) is 22.5. The number of nitrogens with zero attached hydrogens (tertiary/aromatic N) is 4. The number of amides is 3. The fourth-order valence-electron chi connectivity index (χ4n) is 4.19. The van der Waals surface area contributed by atoms with Crippen LogP contribution >= 0.6 is 0 Å². The number of rotatable bonds is 6. The Morgan fingerprint density at radius 1 is 1.00 bits per heavy atom. The van der Waals surface area contributed by atoms with Gasteiger partial charge < -0.3 is 20.0 Å². The summed E-state index contributed by atoms with van der Waals surface area (Å²) in [6, 6.07) is 14.4. The van der Waals surface area contributed by atoms with Crippen molar-refractivity contribution in [1.29, 1.82) is 0 Å². The van der Waals surface area contributed by atoms with Gasteiger partial charge in [0.05, 0.1) is 4.92 Å². The highest BCUT2D eigenvalue weighted by Crippen LogP contribution is 2.22. The van der Waals surface area contributed by atoms with Gasteiger partial charge in [-0.1, -0.05) is 30.3 Å². The normalized spacial score (nSPS) is 16.4. The van der Waals surface area contributed by atoms with Crippen molar-refractivity contribution in [2.75, 3.05) is 37.6 Å². The Kier molecular flexibility index (Phi) is 6.53. The monoisotopic (exact) mass is 437 g/mol. The third-order valence-electron chi connectivity index (χ3n) is 5.95. The lowest BCUT2D eigenvalue weighted by molar-refractivity contribution is -0.384. The standard InChI is InChI=1S/C23H27N5O4/c29-22-8-3-9-27(22)17-19-5-1-4-18(14-19)16-24-23(30)26-12-10-25(11-13-26)20-6-2-7-21(15-20)28(31)32/h1-2,4-7,14-15H,3,8-13,16-17H2,(H,24,30). The maximum atomic E-state index is 12.6. The molecule has 0 radical (unpaired) electrons. The van der Waals surface area contributed by atoms with E-state index in [0.29, 0.717) is 45.7 Å². The Labute approximate surface area is 186 Å². The molecule has 9 nitrogen and oxygen atoms in total. The molecule has 2 aliphatic heterocycles. The van der Waals surface area contributed by atoms with Gasteiger partial charge in [-0.15, -0.1) is 0 Å². The van der Waals surface area contributed by atoms with Gasteiger partial charge in [0.2, 0.25) is 5.91 Å². The van der Waals surface area contributed by atoms with Crippen molar-refractivity contribution < 1.29 is 14.5 Å². The Morgan fingerprint density at radius 2 is 1.75 bits per heavy atom. The lowest BCUT2D eigenvalue weighted by Crippen LogP contribution is -2.51. The van der Waals surface area contributed by atoms with E-state index in [2.05, 4.69) is 10.2 Å². The van der Waals surface area contributed by atoms with Crippen LogP contribution in [0.1, 0.15) is 24.0 Å². The van der Waals surface area contributed by atoms with Gasteiger partial charge in [0.1, 0.15) is 0 Å². The van der Waals surface area contributed by atoms with Crippen molar-refractivity contribution in [2.24, 2.45) is 0 Å². The van der Waals surface area contributed by atoms with Gasteiger partial charge in [-0.05, 0) is 23.6 Å². The zero-order valence-electron chi connectivity index (χ0n) is 17.9. The molecule has 2 fully saturated rings. The van der Waals surface area contributed by atoms with Gasteiger partial charge >= 0.3 is 6.03 Å². The highest BCUT2D eigenvalue weighted by molar-refractivity contribution is 5.78. The van der Waals surface area contributed by atoms with Crippen LogP contribution in [0.15, 0.2) is 48.5 Å². The number of piperazine rings is 1.